The summed E-state index contributed by atoms with van der Waals surface area (Å²) < 4.78 is 0. The van der Waals surface area contributed by atoms with Crippen molar-refractivity contribution in [3.63, 3.8) is 0 Å². The van der Waals surface area contributed by atoms with Gasteiger partial charge in [-0.2, -0.15) is 0 Å². The van der Waals surface area contributed by atoms with Gasteiger partial charge in [0.25, 0.3) is 0 Å². The van der Waals surface area contributed by atoms with Crippen molar-refractivity contribution >= 4 is 17.4 Å². The van der Waals surface area contributed by atoms with E-state index in [1.807, 2.05) is 14.1 Å². The maximum absolute atomic E-state index is 11.6. The molecule has 15 heavy (non-hydrogen) atoms. The van der Waals surface area contributed by atoms with Gasteiger partial charge in [0.2, 0.25) is 0 Å². The number of rotatable bonds is 3. The lowest BCUT2D eigenvalue weighted by Gasteiger charge is -2.04. The Kier molecular flexibility index (Phi) is 3.74. The Morgan fingerprint density at radius 2 is 2.13 bits per heavy atom. The first kappa shape index (κ1) is 11.6. The molecule has 0 saturated heterocycles. The van der Waals surface area contributed by atoms with Crippen molar-refractivity contribution < 1.29 is 9.90 Å². The minimum absolute atomic E-state index is 0.0622. The van der Waals surface area contributed by atoms with Crippen molar-refractivity contribution in [2.24, 2.45) is 0 Å². The molecule has 1 aromatic carbocycles. The fourth-order valence-electron chi connectivity index (χ4n) is 1.01. The largest absolute Gasteiger partial charge is 0.507 e. The maximum Gasteiger partial charge on any atom is 0.191 e. The fourth-order valence-corrected chi connectivity index (χ4v) is 1.18. The first-order valence-electron chi connectivity index (χ1n) is 4.38. The molecule has 0 unspecified atom stereocenters. The summed E-state index contributed by atoms with van der Waals surface area (Å²) in [6.07, 6.45) is 2.99. The molecule has 0 aliphatic rings. The number of aromatic hydroxyl groups is 1. The number of halogens is 1. The highest BCUT2D eigenvalue weighted by Crippen LogP contribution is 2.22. The molecule has 0 atom stereocenters. The van der Waals surface area contributed by atoms with Crippen molar-refractivity contribution in [2.75, 3.05) is 14.1 Å². The van der Waals surface area contributed by atoms with Gasteiger partial charge in [0, 0.05) is 31.4 Å². The molecule has 1 N–H and O–H groups in total. The highest BCUT2D eigenvalue weighted by molar-refractivity contribution is 6.31. The molecule has 1 rings (SSSR count). The molecule has 0 bridgehead atoms. The highest BCUT2D eigenvalue weighted by atomic mass is 35.5. The Bertz CT molecular complexity index is 400. The van der Waals surface area contributed by atoms with Crippen molar-refractivity contribution in [2.45, 2.75) is 0 Å². The second-order valence-corrected chi connectivity index (χ2v) is 3.74. The summed E-state index contributed by atoms with van der Waals surface area (Å²) in [6, 6.07) is 4.38. The van der Waals surface area contributed by atoms with Crippen LogP contribution in [-0.4, -0.2) is 29.9 Å². The van der Waals surface area contributed by atoms with E-state index in [1.54, 1.807) is 11.1 Å². The van der Waals surface area contributed by atoms with Gasteiger partial charge < -0.3 is 10.0 Å². The predicted molar refractivity (Wildman–Crippen MR) is 60.3 cm³/mol. The molecular weight excluding hydrogens is 214 g/mol. The van der Waals surface area contributed by atoms with Gasteiger partial charge in [0.15, 0.2) is 5.78 Å². The smallest absolute Gasteiger partial charge is 0.191 e. The summed E-state index contributed by atoms with van der Waals surface area (Å²) >= 11 is 5.73. The number of hydrogen-bond donors (Lipinski definition) is 1. The average molecular weight is 226 g/mol. The lowest BCUT2D eigenvalue weighted by atomic mass is 10.1. The van der Waals surface area contributed by atoms with E-state index < -0.39 is 0 Å². The van der Waals surface area contributed by atoms with Crippen LogP contribution in [0.1, 0.15) is 10.4 Å². The van der Waals surface area contributed by atoms with E-state index in [2.05, 4.69) is 0 Å². The lowest BCUT2D eigenvalue weighted by Crippen LogP contribution is -2.03. The van der Waals surface area contributed by atoms with Gasteiger partial charge in [-0.15, -0.1) is 0 Å². The molecule has 1 aromatic rings. The van der Waals surface area contributed by atoms with Crippen LogP contribution in [0.25, 0.3) is 0 Å². The van der Waals surface area contributed by atoms with Crippen LogP contribution in [0.15, 0.2) is 30.5 Å². The van der Waals surface area contributed by atoms with E-state index in [0.29, 0.717) is 5.02 Å². The second kappa shape index (κ2) is 4.84. The molecule has 0 fully saturated rings. The molecule has 0 spiro atoms. The monoisotopic (exact) mass is 225 g/mol. The van der Waals surface area contributed by atoms with Crippen molar-refractivity contribution in [1.82, 2.24) is 4.90 Å². The van der Waals surface area contributed by atoms with Gasteiger partial charge in [0.05, 0.1) is 5.56 Å². The van der Waals surface area contributed by atoms with E-state index >= 15 is 0 Å². The topological polar surface area (TPSA) is 40.5 Å². The lowest BCUT2D eigenvalue weighted by molar-refractivity contribution is 0.104. The fraction of sp³-hybridized carbons (Fsp3) is 0.182. The minimum atomic E-state index is -0.274. The van der Waals surface area contributed by atoms with E-state index in [9.17, 15) is 9.90 Å². The zero-order valence-corrected chi connectivity index (χ0v) is 9.32. The number of allylic oxidation sites excluding steroid dienone is 1. The van der Waals surface area contributed by atoms with Gasteiger partial charge in [-0.1, -0.05) is 11.6 Å². The number of hydrogen-bond acceptors (Lipinski definition) is 3. The van der Waals surface area contributed by atoms with Crippen LogP contribution in [0.2, 0.25) is 5.02 Å². The predicted octanol–water partition coefficient (Wildman–Crippen LogP) is 2.30. The summed E-state index contributed by atoms with van der Waals surface area (Å²) in [5.41, 5.74) is 0.209. The van der Waals surface area contributed by atoms with Crippen LogP contribution in [0.4, 0.5) is 0 Å². The van der Waals surface area contributed by atoms with Crippen molar-refractivity contribution in [3.05, 3.63) is 41.1 Å². The van der Waals surface area contributed by atoms with E-state index in [-0.39, 0.29) is 17.1 Å². The molecule has 0 aromatic heterocycles. The zero-order valence-electron chi connectivity index (χ0n) is 8.57. The van der Waals surface area contributed by atoms with Gasteiger partial charge in [-0.3, -0.25) is 4.79 Å². The first-order chi connectivity index (χ1) is 7.00. The second-order valence-electron chi connectivity index (χ2n) is 3.31. The van der Waals surface area contributed by atoms with Crippen LogP contribution in [0.5, 0.6) is 5.75 Å². The number of carbonyl (C=O) groups is 1. The molecule has 4 heteroatoms. The maximum atomic E-state index is 11.6. The van der Waals surface area contributed by atoms with E-state index in [4.69, 9.17) is 11.6 Å². The number of ketones is 1. The third-order valence-electron chi connectivity index (χ3n) is 1.75. The van der Waals surface area contributed by atoms with Gasteiger partial charge >= 0.3 is 0 Å². The Hall–Kier alpha value is -1.48. The number of nitrogens with zero attached hydrogens (tertiary/aromatic N) is 1. The normalized spacial score (nSPS) is 10.6. The average Bonchev–Trinajstić information content (AvgIpc) is 2.18. The molecule has 3 nitrogen and oxygen atoms in total. The van der Waals surface area contributed by atoms with Gasteiger partial charge in [0.1, 0.15) is 5.75 Å². The van der Waals surface area contributed by atoms with Crippen LogP contribution < -0.4 is 0 Å². The van der Waals surface area contributed by atoms with Crippen molar-refractivity contribution in [1.29, 1.82) is 0 Å². The Labute approximate surface area is 93.6 Å². The molecule has 0 aliphatic carbocycles. The Morgan fingerprint density at radius 1 is 1.47 bits per heavy atom. The third-order valence-corrected chi connectivity index (χ3v) is 1.98. The van der Waals surface area contributed by atoms with E-state index in [0.717, 1.165) is 0 Å². The summed E-state index contributed by atoms with van der Waals surface area (Å²) in [6.45, 7) is 0. The van der Waals surface area contributed by atoms with Crippen LogP contribution in [0, 0.1) is 0 Å². The summed E-state index contributed by atoms with van der Waals surface area (Å²) in [4.78, 5) is 13.3. The van der Waals surface area contributed by atoms with Crippen molar-refractivity contribution in [3.8, 4) is 5.75 Å². The highest BCUT2D eigenvalue weighted by Gasteiger charge is 2.08. The molecule has 0 saturated carbocycles. The minimum Gasteiger partial charge on any atom is -0.507 e. The Balaban J connectivity index is 2.96. The molecule has 0 heterocycles. The number of phenols is 1. The molecule has 0 aliphatic heterocycles. The molecule has 0 radical (unpaired) electrons. The molecular formula is C11H12ClNO2. The summed E-state index contributed by atoms with van der Waals surface area (Å²) in [5.74, 6) is -0.337. The van der Waals surface area contributed by atoms with Gasteiger partial charge in [-0.25, -0.2) is 0 Å². The number of phenolic OH excluding ortho intramolecular Hbond substituents is 1. The number of carbonyl (C=O) groups excluding carboxylic acids is 1. The molecule has 0 amide bonds. The SMILES string of the molecule is CN(C)/C=C/C(=O)c1cc(Cl)ccc1O. The zero-order chi connectivity index (χ0) is 11.4. The third kappa shape index (κ3) is 3.29. The summed E-state index contributed by atoms with van der Waals surface area (Å²) in [7, 11) is 3.61. The first-order valence-corrected chi connectivity index (χ1v) is 4.76. The van der Waals surface area contributed by atoms with Gasteiger partial charge in [-0.05, 0) is 18.2 Å². The van der Waals surface area contributed by atoms with E-state index in [1.165, 1.54) is 24.3 Å². The standard InChI is InChI=1S/C11H12ClNO2/c1-13(2)6-5-11(15)9-7-8(12)3-4-10(9)14/h3-7,14H,1-2H3/b6-5+. The van der Waals surface area contributed by atoms with Crippen LogP contribution in [0.3, 0.4) is 0 Å². The number of benzene rings is 1. The van der Waals surface area contributed by atoms with Crippen LogP contribution in [-0.2, 0) is 0 Å². The van der Waals surface area contributed by atoms with Crippen LogP contribution >= 0.6 is 11.6 Å². The quantitative estimate of drug-likeness (QED) is 0.634. The summed E-state index contributed by atoms with van der Waals surface area (Å²) in [5, 5.41) is 9.87. The molecule has 80 valence electrons. The Morgan fingerprint density at radius 3 is 2.73 bits per heavy atom.